The fourth-order valence-electron chi connectivity index (χ4n) is 2.07. The molecule has 5 heteroatoms. The minimum Gasteiger partial charge on any atom is -0.466 e. The van der Waals surface area contributed by atoms with E-state index in [2.05, 4.69) is 19.6 Å². The molecule has 0 saturated carbocycles. The molecule has 0 aliphatic carbocycles. The first-order valence-corrected chi connectivity index (χ1v) is 13.5. The second-order valence-corrected chi connectivity index (χ2v) is 14.9. The van der Waals surface area contributed by atoms with E-state index in [1.165, 1.54) is 31.1 Å². The summed E-state index contributed by atoms with van der Waals surface area (Å²) in [5.74, 6) is 1.30. The van der Waals surface area contributed by atoms with E-state index >= 15 is 0 Å². The minimum absolute atomic E-state index is 0.00373. The van der Waals surface area contributed by atoms with Crippen LogP contribution in [0.2, 0.25) is 25.7 Å². The number of ether oxygens (including phenoxy) is 1. The summed E-state index contributed by atoms with van der Waals surface area (Å²) in [6, 6.07) is 1.25. The van der Waals surface area contributed by atoms with Crippen LogP contribution >= 0.6 is 21.6 Å². The highest BCUT2D eigenvalue weighted by molar-refractivity contribution is 8.77. The Hall–Kier alpha value is 0.387. The van der Waals surface area contributed by atoms with E-state index in [9.17, 15) is 4.79 Å². The van der Waals surface area contributed by atoms with E-state index < -0.39 is 8.07 Å². The lowest BCUT2D eigenvalue weighted by molar-refractivity contribution is -0.143. The van der Waals surface area contributed by atoms with Crippen molar-refractivity contribution in [3.8, 4) is 0 Å². The maximum Gasteiger partial charge on any atom is 0.305 e. The molecule has 1 rings (SSSR count). The highest BCUT2D eigenvalue weighted by Crippen LogP contribution is 2.39. The third-order valence-corrected chi connectivity index (χ3v) is 8.08. The molecule has 112 valence electrons. The molecule has 0 aromatic rings. The van der Waals surface area contributed by atoms with Crippen LogP contribution in [-0.2, 0) is 9.53 Å². The standard InChI is InChI=1S/C14H28O2S2Si/c1-19(2,3)12-6-10-16-14(15)8-5-4-7-13-9-11-17-18-13/h13H,4-12H2,1-3H3. The van der Waals surface area contributed by atoms with Gasteiger partial charge in [-0.2, -0.15) is 0 Å². The molecule has 1 aliphatic rings. The van der Waals surface area contributed by atoms with E-state index in [0.717, 1.165) is 18.1 Å². The zero-order chi connectivity index (χ0) is 14.1. The quantitative estimate of drug-likeness (QED) is 0.259. The number of carbonyl (C=O) groups excluding carboxylic acids is 1. The molecule has 2 nitrogen and oxygen atoms in total. The van der Waals surface area contributed by atoms with Gasteiger partial charge in [0.1, 0.15) is 0 Å². The summed E-state index contributed by atoms with van der Waals surface area (Å²) in [5.41, 5.74) is 0. The molecule has 0 radical (unpaired) electrons. The Balaban J connectivity index is 1.90. The summed E-state index contributed by atoms with van der Waals surface area (Å²) < 4.78 is 5.28. The second kappa shape index (κ2) is 9.35. The van der Waals surface area contributed by atoms with Crippen LogP contribution < -0.4 is 0 Å². The smallest absolute Gasteiger partial charge is 0.305 e. The zero-order valence-corrected chi connectivity index (χ0v) is 15.2. The number of hydrogen-bond donors (Lipinski definition) is 0. The van der Waals surface area contributed by atoms with Crippen molar-refractivity contribution < 1.29 is 9.53 Å². The number of esters is 1. The molecule has 1 fully saturated rings. The molecule has 0 spiro atoms. The third-order valence-electron chi connectivity index (χ3n) is 3.22. The summed E-state index contributed by atoms with van der Waals surface area (Å²) in [5, 5.41) is 0.831. The van der Waals surface area contributed by atoms with Crippen molar-refractivity contribution in [2.24, 2.45) is 0 Å². The van der Waals surface area contributed by atoms with Gasteiger partial charge in [-0.25, -0.2) is 0 Å². The van der Waals surface area contributed by atoms with Gasteiger partial charge in [-0.1, -0.05) is 53.7 Å². The topological polar surface area (TPSA) is 26.3 Å². The lowest BCUT2D eigenvalue weighted by Crippen LogP contribution is -2.20. The molecule has 0 N–H and O–H groups in total. The minimum atomic E-state index is -0.971. The highest BCUT2D eigenvalue weighted by atomic mass is 33.1. The average Bonchev–Trinajstić information content (AvgIpc) is 2.82. The summed E-state index contributed by atoms with van der Waals surface area (Å²) >= 11 is 0. The molecule has 1 heterocycles. The molecule has 19 heavy (non-hydrogen) atoms. The van der Waals surface area contributed by atoms with Gasteiger partial charge in [0.15, 0.2) is 0 Å². The largest absolute Gasteiger partial charge is 0.466 e. The normalized spacial score (nSPS) is 19.6. The number of unbranched alkanes of at least 4 members (excludes halogenated alkanes) is 1. The predicted molar refractivity (Wildman–Crippen MR) is 90.7 cm³/mol. The van der Waals surface area contributed by atoms with Crippen LogP contribution in [0.4, 0.5) is 0 Å². The Labute approximate surface area is 127 Å². The van der Waals surface area contributed by atoms with Gasteiger partial charge in [0.25, 0.3) is 0 Å². The molecule has 1 unspecified atom stereocenters. The Morgan fingerprint density at radius 2 is 2.05 bits per heavy atom. The first-order chi connectivity index (χ1) is 8.97. The summed E-state index contributed by atoms with van der Waals surface area (Å²) in [6.45, 7) is 7.69. The molecule has 0 aromatic carbocycles. The van der Waals surface area contributed by atoms with Gasteiger partial charge in [0.05, 0.1) is 6.61 Å². The monoisotopic (exact) mass is 320 g/mol. The van der Waals surface area contributed by atoms with Crippen molar-refractivity contribution >= 4 is 35.6 Å². The summed E-state index contributed by atoms with van der Waals surface area (Å²) in [6.07, 6.45) is 6.42. The zero-order valence-electron chi connectivity index (χ0n) is 12.6. The van der Waals surface area contributed by atoms with Crippen molar-refractivity contribution in [1.29, 1.82) is 0 Å². The van der Waals surface area contributed by atoms with Crippen LogP contribution in [0, 0.1) is 0 Å². The van der Waals surface area contributed by atoms with Gasteiger partial charge in [-0.3, -0.25) is 4.79 Å². The van der Waals surface area contributed by atoms with Crippen LogP contribution in [0.1, 0.15) is 38.5 Å². The van der Waals surface area contributed by atoms with Crippen molar-refractivity contribution in [2.75, 3.05) is 12.4 Å². The van der Waals surface area contributed by atoms with E-state index in [1.54, 1.807) is 0 Å². The van der Waals surface area contributed by atoms with Crippen LogP contribution in [0.15, 0.2) is 0 Å². The first kappa shape index (κ1) is 17.4. The highest BCUT2D eigenvalue weighted by Gasteiger charge is 2.16. The van der Waals surface area contributed by atoms with Gasteiger partial charge >= 0.3 is 5.97 Å². The van der Waals surface area contributed by atoms with Crippen LogP contribution in [-0.4, -0.2) is 31.7 Å². The Morgan fingerprint density at radius 3 is 2.68 bits per heavy atom. The fourth-order valence-corrected chi connectivity index (χ4v) is 6.30. The van der Waals surface area contributed by atoms with E-state index in [-0.39, 0.29) is 5.97 Å². The molecule has 0 bridgehead atoms. The first-order valence-electron chi connectivity index (χ1n) is 7.41. The van der Waals surface area contributed by atoms with E-state index in [4.69, 9.17) is 4.74 Å². The molecular weight excluding hydrogens is 292 g/mol. The van der Waals surface area contributed by atoms with Gasteiger partial charge in [0, 0.05) is 25.5 Å². The van der Waals surface area contributed by atoms with E-state index in [1.807, 2.05) is 21.6 Å². The Morgan fingerprint density at radius 1 is 1.26 bits per heavy atom. The van der Waals surface area contributed by atoms with Gasteiger partial charge in [-0.15, -0.1) is 0 Å². The van der Waals surface area contributed by atoms with Gasteiger partial charge in [0.2, 0.25) is 0 Å². The van der Waals surface area contributed by atoms with Crippen molar-refractivity contribution in [3.05, 3.63) is 0 Å². The third kappa shape index (κ3) is 9.85. The Kier molecular flexibility index (Phi) is 8.58. The number of carbonyl (C=O) groups is 1. The Bertz CT molecular complexity index is 261. The van der Waals surface area contributed by atoms with Gasteiger partial charge < -0.3 is 4.74 Å². The maximum atomic E-state index is 11.5. The lowest BCUT2D eigenvalue weighted by Gasteiger charge is -2.15. The average molecular weight is 321 g/mol. The SMILES string of the molecule is C[Si](C)(C)CCCOC(=O)CCCCC1CCSS1. The van der Waals surface area contributed by atoms with Crippen molar-refractivity contribution in [2.45, 2.75) is 69.5 Å². The van der Waals surface area contributed by atoms with Gasteiger partial charge in [-0.05, 0) is 25.7 Å². The summed E-state index contributed by atoms with van der Waals surface area (Å²) in [7, 11) is 3.04. The molecule has 0 amide bonds. The van der Waals surface area contributed by atoms with Crippen LogP contribution in [0.3, 0.4) is 0 Å². The van der Waals surface area contributed by atoms with E-state index in [0.29, 0.717) is 13.0 Å². The molecule has 0 aromatic heterocycles. The number of rotatable bonds is 9. The fraction of sp³-hybridized carbons (Fsp3) is 0.929. The molecule has 1 aliphatic heterocycles. The van der Waals surface area contributed by atoms with Crippen LogP contribution in [0.25, 0.3) is 0 Å². The van der Waals surface area contributed by atoms with Crippen molar-refractivity contribution in [1.82, 2.24) is 0 Å². The summed E-state index contributed by atoms with van der Waals surface area (Å²) in [4.78, 5) is 11.5. The molecular formula is C14H28O2S2Si. The molecule has 1 atom stereocenters. The van der Waals surface area contributed by atoms with Crippen LogP contribution in [0.5, 0.6) is 0 Å². The predicted octanol–water partition coefficient (Wildman–Crippen LogP) is 4.97. The molecule has 1 saturated heterocycles. The second-order valence-electron chi connectivity index (χ2n) is 6.46. The maximum absolute atomic E-state index is 11.5. The number of hydrogen-bond acceptors (Lipinski definition) is 4. The van der Waals surface area contributed by atoms with Crippen molar-refractivity contribution in [3.63, 3.8) is 0 Å². The lowest BCUT2D eigenvalue weighted by atomic mass is 10.1.